The Kier molecular flexibility index (Phi) is 6.32. The van der Waals surface area contributed by atoms with E-state index in [2.05, 4.69) is 6.58 Å². The summed E-state index contributed by atoms with van der Waals surface area (Å²) in [7, 11) is 0. The Morgan fingerprint density at radius 3 is 2.83 bits per heavy atom. The van der Waals surface area contributed by atoms with Crippen molar-refractivity contribution in [1.82, 2.24) is 0 Å². The van der Waals surface area contributed by atoms with E-state index in [4.69, 9.17) is 16.2 Å². The highest BCUT2D eigenvalue weighted by atomic mass is 16.5. The average molecular weight is 172 g/mol. The predicted octanol–water partition coefficient (Wildman–Crippen LogP) is -0.218. The van der Waals surface area contributed by atoms with E-state index >= 15 is 0 Å². The van der Waals surface area contributed by atoms with Gasteiger partial charge in [0.25, 0.3) is 0 Å². The zero-order chi connectivity index (χ0) is 9.40. The molecule has 0 aromatic rings. The third-order valence-corrected chi connectivity index (χ3v) is 1.37. The Labute approximate surface area is 72.6 Å². The van der Waals surface area contributed by atoms with Gasteiger partial charge in [-0.25, -0.2) is 0 Å². The van der Waals surface area contributed by atoms with Crippen molar-refractivity contribution in [3.63, 3.8) is 0 Å². The van der Waals surface area contributed by atoms with Crippen molar-refractivity contribution >= 4 is 5.97 Å². The van der Waals surface area contributed by atoms with E-state index in [0.717, 1.165) is 6.42 Å². The van der Waals surface area contributed by atoms with Gasteiger partial charge in [0.2, 0.25) is 0 Å². The lowest BCUT2D eigenvalue weighted by molar-refractivity contribution is -0.144. The van der Waals surface area contributed by atoms with Crippen LogP contribution in [0.2, 0.25) is 0 Å². The van der Waals surface area contributed by atoms with Gasteiger partial charge in [-0.05, 0) is 19.4 Å². The number of rotatable bonds is 6. The van der Waals surface area contributed by atoms with Crippen molar-refractivity contribution in [2.75, 3.05) is 13.2 Å². The van der Waals surface area contributed by atoms with E-state index in [1.807, 2.05) is 0 Å². The maximum absolute atomic E-state index is 11.0. The summed E-state index contributed by atoms with van der Waals surface area (Å²) in [6.07, 6.45) is 2.82. The second-order valence-electron chi connectivity index (χ2n) is 2.46. The Balaban J connectivity index is 3.53. The van der Waals surface area contributed by atoms with Crippen LogP contribution in [0.5, 0.6) is 0 Å². The van der Waals surface area contributed by atoms with Crippen LogP contribution in [0.15, 0.2) is 12.7 Å². The minimum atomic E-state index is -0.548. The van der Waals surface area contributed by atoms with Gasteiger partial charge in [0.05, 0.1) is 0 Å². The van der Waals surface area contributed by atoms with E-state index in [0.29, 0.717) is 13.0 Å². The average Bonchev–Trinajstić information content (AvgIpc) is 2.10. The molecule has 0 heterocycles. The van der Waals surface area contributed by atoms with Gasteiger partial charge in [0, 0.05) is 0 Å². The highest BCUT2D eigenvalue weighted by Crippen LogP contribution is 1.95. The monoisotopic (exact) mass is 172 g/mol. The van der Waals surface area contributed by atoms with Crippen LogP contribution in [0.4, 0.5) is 0 Å². The van der Waals surface area contributed by atoms with Crippen LogP contribution >= 0.6 is 0 Å². The predicted molar refractivity (Wildman–Crippen MR) is 47.4 cm³/mol. The largest absolute Gasteiger partial charge is 0.460 e. The highest BCUT2D eigenvalue weighted by Gasteiger charge is 2.12. The molecule has 0 spiro atoms. The molecule has 0 rings (SSSR count). The summed E-state index contributed by atoms with van der Waals surface area (Å²) in [4.78, 5) is 11.0. The molecule has 0 fully saturated rings. The number of hydrogen-bond acceptors (Lipinski definition) is 4. The maximum Gasteiger partial charge on any atom is 0.323 e. The fraction of sp³-hybridized carbons (Fsp3) is 0.625. The van der Waals surface area contributed by atoms with Gasteiger partial charge >= 0.3 is 5.97 Å². The smallest absolute Gasteiger partial charge is 0.323 e. The summed E-state index contributed by atoms with van der Waals surface area (Å²) in [6.45, 7) is 4.18. The molecule has 0 amide bonds. The third-order valence-electron chi connectivity index (χ3n) is 1.37. The Morgan fingerprint density at radius 2 is 2.33 bits per heavy atom. The molecule has 4 heteroatoms. The van der Waals surface area contributed by atoms with Crippen molar-refractivity contribution in [3.05, 3.63) is 12.7 Å². The van der Waals surface area contributed by atoms with Crippen LogP contribution in [0.25, 0.3) is 0 Å². The standard InChI is InChI=1S/C8H16N2O2/c1-2-6-12-8(11)7(10)4-3-5-9/h2,7H,1,3-6,9-10H2/t7-/m0/s1. The Bertz CT molecular complexity index is 148. The summed E-state index contributed by atoms with van der Waals surface area (Å²) in [6, 6.07) is -0.548. The minimum Gasteiger partial charge on any atom is -0.460 e. The molecule has 0 aliphatic carbocycles. The van der Waals surface area contributed by atoms with Crippen molar-refractivity contribution in [2.24, 2.45) is 11.5 Å². The van der Waals surface area contributed by atoms with Gasteiger partial charge in [-0.1, -0.05) is 12.7 Å². The molecule has 12 heavy (non-hydrogen) atoms. The lowest BCUT2D eigenvalue weighted by atomic mass is 10.2. The molecule has 1 atom stereocenters. The zero-order valence-corrected chi connectivity index (χ0v) is 7.16. The van der Waals surface area contributed by atoms with Gasteiger partial charge in [-0.15, -0.1) is 0 Å². The normalized spacial score (nSPS) is 12.2. The van der Waals surface area contributed by atoms with Gasteiger partial charge in [0.1, 0.15) is 12.6 Å². The number of ether oxygens (including phenoxy) is 1. The van der Waals surface area contributed by atoms with Crippen molar-refractivity contribution < 1.29 is 9.53 Å². The van der Waals surface area contributed by atoms with E-state index in [1.165, 1.54) is 6.08 Å². The lowest BCUT2D eigenvalue weighted by Crippen LogP contribution is -2.32. The second kappa shape index (κ2) is 6.82. The lowest BCUT2D eigenvalue weighted by Gasteiger charge is -2.08. The molecule has 0 bridgehead atoms. The number of esters is 1. The molecule has 0 unspecified atom stereocenters. The molecular weight excluding hydrogens is 156 g/mol. The van der Waals surface area contributed by atoms with Crippen LogP contribution in [-0.2, 0) is 9.53 Å². The van der Waals surface area contributed by atoms with Crippen LogP contribution in [0.1, 0.15) is 12.8 Å². The summed E-state index contributed by atoms with van der Waals surface area (Å²) in [5.41, 5.74) is 10.7. The van der Waals surface area contributed by atoms with Gasteiger partial charge in [-0.3, -0.25) is 4.79 Å². The van der Waals surface area contributed by atoms with Crippen LogP contribution in [-0.4, -0.2) is 25.2 Å². The second-order valence-corrected chi connectivity index (χ2v) is 2.46. The SMILES string of the molecule is C=CCOC(=O)[C@@H](N)CCCN. The summed E-state index contributed by atoms with van der Waals surface area (Å²) < 4.78 is 4.73. The van der Waals surface area contributed by atoms with E-state index < -0.39 is 6.04 Å². The van der Waals surface area contributed by atoms with Crippen LogP contribution in [0.3, 0.4) is 0 Å². The molecular formula is C8H16N2O2. The first kappa shape index (κ1) is 11.1. The number of carbonyl (C=O) groups excluding carboxylic acids is 1. The third kappa shape index (κ3) is 4.87. The van der Waals surface area contributed by atoms with Crippen molar-refractivity contribution in [2.45, 2.75) is 18.9 Å². The Hall–Kier alpha value is -0.870. The molecule has 70 valence electrons. The molecule has 0 aromatic carbocycles. The van der Waals surface area contributed by atoms with Gasteiger partial charge in [0.15, 0.2) is 0 Å². The maximum atomic E-state index is 11.0. The topological polar surface area (TPSA) is 78.3 Å². The van der Waals surface area contributed by atoms with Crippen molar-refractivity contribution in [3.8, 4) is 0 Å². The zero-order valence-electron chi connectivity index (χ0n) is 7.16. The van der Waals surface area contributed by atoms with Gasteiger partial charge < -0.3 is 16.2 Å². The molecule has 4 nitrogen and oxygen atoms in total. The fourth-order valence-electron chi connectivity index (χ4n) is 0.704. The van der Waals surface area contributed by atoms with Crippen LogP contribution in [0, 0.1) is 0 Å². The molecule has 0 saturated carbocycles. The quantitative estimate of drug-likeness (QED) is 0.429. The number of carbonyl (C=O) groups is 1. The molecule has 0 saturated heterocycles. The van der Waals surface area contributed by atoms with E-state index in [-0.39, 0.29) is 12.6 Å². The molecule has 4 N–H and O–H groups in total. The first-order chi connectivity index (χ1) is 5.72. The molecule has 0 aliphatic heterocycles. The van der Waals surface area contributed by atoms with Crippen LogP contribution < -0.4 is 11.5 Å². The Morgan fingerprint density at radius 1 is 1.67 bits per heavy atom. The first-order valence-corrected chi connectivity index (χ1v) is 3.95. The minimum absolute atomic E-state index is 0.217. The van der Waals surface area contributed by atoms with E-state index in [9.17, 15) is 4.79 Å². The fourth-order valence-corrected chi connectivity index (χ4v) is 0.704. The summed E-state index contributed by atoms with van der Waals surface area (Å²) >= 11 is 0. The molecule has 0 aromatic heterocycles. The molecule has 0 aliphatic rings. The first-order valence-electron chi connectivity index (χ1n) is 3.95. The number of hydrogen-bond donors (Lipinski definition) is 2. The van der Waals surface area contributed by atoms with Gasteiger partial charge in [-0.2, -0.15) is 0 Å². The number of nitrogens with two attached hydrogens (primary N) is 2. The molecule has 0 radical (unpaired) electrons. The van der Waals surface area contributed by atoms with E-state index in [1.54, 1.807) is 0 Å². The highest BCUT2D eigenvalue weighted by molar-refractivity contribution is 5.75. The van der Waals surface area contributed by atoms with Crippen molar-refractivity contribution in [1.29, 1.82) is 0 Å². The summed E-state index contributed by atoms with van der Waals surface area (Å²) in [5, 5.41) is 0. The summed E-state index contributed by atoms with van der Waals surface area (Å²) in [5.74, 6) is -0.386.